The first-order valence-corrected chi connectivity index (χ1v) is 6.76. The van der Waals surface area contributed by atoms with Crippen LogP contribution >= 0.6 is 11.6 Å². The monoisotopic (exact) mass is 294 g/mol. The minimum atomic E-state index is -0.169. The van der Waals surface area contributed by atoms with E-state index in [1.165, 1.54) is 6.07 Å². The van der Waals surface area contributed by atoms with Crippen LogP contribution in [-0.2, 0) is 9.53 Å². The number of amides is 1. The molecule has 20 heavy (non-hydrogen) atoms. The van der Waals surface area contributed by atoms with Crippen molar-refractivity contribution in [3.8, 4) is 11.8 Å². The van der Waals surface area contributed by atoms with Crippen molar-refractivity contribution in [1.29, 1.82) is 5.26 Å². The van der Waals surface area contributed by atoms with Gasteiger partial charge in [0.05, 0.1) is 10.6 Å². The summed E-state index contributed by atoms with van der Waals surface area (Å²) in [4.78, 5) is 11.7. The maximum Gasteiger partial charge on any atom is 0.258 e. The average molecular weight is 295 g/mol. The van der Waals surface area contributed by atoms with Crippen LogP contribution in [0.25, 0.3) is 0 Å². The molecule has 1 aromatic rings. The lowest BCUT2D eigenvalue weighted by atomic mass is 10.1. The van der Waals surface area contributed by atoms with E-state index >= 15 is 0 Å². The van der Waals surface area contributed by atoms with Gasteiger partial charge in [-0.25, -0.2) is 0 Å². The zero-order valence-corrected chi connectivity index (χ0v) is 11.7. The molecular formula is C14H15ClN2O3. The van der Waals surface area contributed by atoms with Gasteiger partial charge in [-0.3, -0.25) is 4.79 Å². The third-order valence-electron chi connectivity index (χ3n) is 3.02. The largest absolute Gasteiger partial charge is 0.484 e. The predicted octanol–water partition coefficient (Wildman–Crippen LogP) is 1.89. The Morgan fingerprint density at radius 3 is 2.90 bits per heavy atom. The molecule has 0 saturated carbocycles. The second kappa shape index (κ2) is 7.13. The van der Waals surface area contributed by atoms with E-state index in [1.807, 2.05) is 6.07 Å². The Bertz CT molecular complexity index is 522. The van der Waals surface area contributed by atoms with Crippen molar-refractivity contribution in [1.82, 2.24) is 5.32 Å². The molecule has 0 aromatic heterocycles. The average Bonchev–Trinajstić information content (AvgIpc) is 2.46. The molecule has 1 saturated heterocycles. The second-order valence-electron chi connectivity index (χ2n) is 4.50. The summed E-state index contributed by atoms with van der Waals surface area (Å²) in [5.74, 6) is 0.300. The zero-order chi connectivity index (χ0) is 14.4. The molecule has 2 rings (SSSR count). The fourth-order valence-electron chi connectivity index (χ4n) is 1.94. The summed E-state index contributed by atoms with van der Waals surface area (Å²) < 4.78 is 10.6. The number of ether oxygens (including phenoxy) is 2. The van der Waals surface area contributed by atoms with Crippen LogP contribution in [0.3, 0.4) is 0 Å². The van der Waals surface area contributed by atoms with Gasteiger partial charge in [0.1, 0.15) is 11.8 Å². The number of halogens is 1. The second-order valence-corrected chi connectivity index (χ2v) is 4.90. The summed E-state index contributed by atoms with van der Waals surface area (Å²) in [6.07, 6.45) is 1.66. The van der Waals surface area contributed by atoms with Gasteiger partial charge in [0.15, 0.2) is 6.61 Å². The topological polar surface area (TPSA) is 71.3 Å². The van der Waals surface area contributed by atoms with E-state index < -0.39 is 0 Å². The molecule has 0 bridgehead atoms. The van der Waals surface area contributed by atoms with E-state index in [9.17, 15) is 4.79 Å². The number of carbonyl (C=O) groups is 1. The van der Waals surface area contributed by atoms with Crippen LogP contribution in [0, 0.1) is 11.3 Å². The van der Waals surface area contributed by atoms with Gasteiger partial charge in [0, 0.05) is 25.3 Å². The van der Waals surface area contributed by atoms with Crippen LogP contribution in [0.15, 0.2) is 18.2 Å². The third kappa shape index (κ3) is 4.12. The zero-order valence-electron chi connectivity index (χ0n) is 10.9. The molecule has 0 aliphatic carbocycles. The van der Waals surface area contributed by atoms with Gasteiger partial charge < -0.3 is 14.8 Å². The van der Waals surface area contributed by atoms with Crippen molar-refractivity contribution in [2.24, 2.45) is 0 Å². The normalized spacial score (nSPS) is 15.4. The summed E-state index contributed by atoms with van der Waals surface area (Å²) in [6, 6.07) is 6.83. The number of benzene rings is 1. The van der Waals surface area contributed by atoms with E-state index in [2.05, 4.69) is 5.32 Å². The SMILES string of the molecule is N#Cc1ccc(OCC(=O)NC2CCOCC2)cc1Cl. The molecule has 1 amide bonds. The maximum absolute atomic E-state index is 11.7. The van der Waals surface area contributed by atoms with Crippen molar-refractivity contribution >= 4 is 17.5 Å². The quantitative estimate of drug-likeness (QED) is 0.920. The smallest absolute Gasteiger partial charge is 0.258 e. The van der Waals surface area contributed by atoms with Gasteiger partial charge in [-0.2, -0.15) is 5.26 Å². The van der Waals surface area contributed by atoms with Gasteiger partial charge in [0.25, 0.3) is 5.91 Å². The summed E-state index contributed by atoms with van der Waals surface area (Å²) in [5, 5.41) is 12.0. The number of nitriles is 1. The molecule has 1 N–H and O–H groups in total. The van der Waals surface area contributed by atoms with Crippen molar-refractivity contribution in [3.63, 3.8) is 0 Å². The molecule has 0 unspecified atom stereocenters. The lowest BCUT2D eigenvalue weighted by Gasteiger charge is -2.23. The summed E-state index contributed by atoms with van der Waals surface area (Å²) >= 11 is 5.88. The van der Waals surface area contributed by atoms with E-state index in [4.69, 9.17) is 26.3 Å². The van der Waals surface area contributed by atoms with Gasteiger partial charge >= 0.3 is 0 Å². The van der Waals surface area contributed by atoms with E-state index in [0.29, 0.717) is 29.5 Å². The number of nitrogens with one attached hydrogen (secondary N) is 1. The Balaban J connectivity index is 1.81. The van der Waals surface area contributed by atoms with E-state index in [-0.39, 0.29) is 18.6 Å². The van der Waals surface area contributed by atoms with Crippen molar-refractivity contribution < 1.29 is 14.3 Å². The van der Waals surface area contributed by atoms with Gasteiger partial charge in [-0.1, -0.05) is 11.6 Å². The minimum absolute atomic E-state index is 0.0699. The third-order valence-corrected chi connectivity index (χ3v) is 3.33. The number of hydrogen-bond acceptors (Lipinski definition) is 4. The fourth-order valence-corrected chi connectivity index (χ4v) is 2.15. The molecule has 0 atom stereocenters. The molecule has 1 heterocycles. The van der Waals surface area contributed by atoms with Gasteiger partial charge in [-0.15, -0.1) is 0 Å². The van der Waals surface area contributed by atoms with Crippen LogP contribution in [0.4, 0.5) is 0 Å². The minimum Gasteiger partial charge on any atom is -0.484 e. The van der Waals surface area contributed by atoms with E-state index in [1.54, 1.807) is 12.1 Å². The van der Waals surface area contributed by atoms with Crippen molar-refractivity contribution in [3.05, 3.63) is 28.8 Å². The van der Waals surface area contributed by atoms with Crippen LogP contribution in [-0.4, -0.2) is 31.8 Å². The molecule has 1 fully saturated rings. The summed E-state index contributed by atoms with van der Waals surface area (Å²) in [6.45, 7) is 1.29. The van der Waals surface area contributed by atoms with Crippen molar-refractivity contribution in [2.75, 3.05) is 19.8 Å². The number of carbonyl (C=O) groups excluding carboxylic acids is 1. The molecule has 1 aromatic carbocycles. The van der Waals surface area contributed by atoms with E-state index in [0.717, 1.165) is 12.8 Å². The molecule has 0 spiro atoms. The Morgan fingerprint density at radius 1 is 1.50 bits per heavy atom. The highest BCUT2D eigenvalue weighted by molar-refractivity contribution is 6.31. The first kappa shape index (κ1) is 14.6. The first-order valence-electron chi connectivity index (χ1n) is 6.38. The first-order chi connectivity index (χ1) is 9.69. The highest BCUT2D eigenvalue weighted by atomic mass is 35.5. The van der Waals surface area contributed by atoms with Crippen LogP contribution in [0.5, 0.6) is 5.75 Å². The highest BCUT2D eigenvalue weighted by Gasteiger charge is 2.16. The Hall–Kier alpha value is -1.77. The molecular weight excluding hydrogens is 280 g/mol. The lowest BCUT2D eigenvalue weighted by molar-refractivity contribution is -0.124. The standard InChI is InChI=1S/C14H15ClN2O3/c15-13-7-12(2-1-10(13)8-16)20-9-14(18)17-11-3-5-19-6-4-11/h1-2,7,11H,3-6,9H2,(H,17,18). The van der Waals surface area contributed by atoms with Crippen LogP contribution < -0.4 is 10.1 Å². The maximum atomic E-state index is 11.7. The Labute approximate surface area is 122 Å². The Kier molecular flexibility index (Phi) is 5.22. The predicted molar refractivity (Wildman–Crippen MR) is 73.6 cm³/mol. The molecule has 0 radical (unpaired) electrons. The highest BCUT2D eigenvalue weighted by Crippen LogP contribution is 2.21. The van der Waals surface area contributed by atoms with Crippen LogP contribution in [0.1, 0.15) is 18.4 Å². The molecule has 1 aliphatic heterocycles. The molecule has 5 nitrogen and oxygen atoms in total. The van der Waals surface area contributed by atoms with Crippen LogP contribution in [0.2, 0.25) is 5.02 Å². The lowest BCUT2D eigenvalue weighted by Crippen LogP contribution is -2.41. The number of rotatable bonds is 4. The van der Waals surface area contributed by atoms with Gasteiger partial charge in [0.2, 0.25) is 0 Å². The fraction of sp³-hybridized carbons (Fsp3) is 0.429. The summed E-state index contributed by atoms with van der Waals surface area (Å²) in [7, 11) is 0. The molecule has 106 valence electrons. The number of nitrogens with zero attached hydrogens (tertiary/aromatic N) is 1. The van der Waals surface area contributed by atoms with Crippen molar-refractivity contribution in [2.45, 2.75) is 18.9 Å². The Morgan fingerprint density at radius 2 is 2.25 bits per heavy atom. The van der Waals surface area contributed by atoms with Gasteiger partial charge in [-0.05, 0) is 25.0 Å². The molecule has 1 aliphatic rings. The summed E-state index contributed by atoms with van der Waals surface area (Å²) in [5.41, 5.74) is 0.380. The number of hydrogen-bond donors (Lipinski definition) is 1. The molecule has 6 heteroatoms.